The third-order valence-electron chi connectivity index (χ3n) is 8.82. The van der Waals surface area contributed by atoms with Gasteiger partial charge in [-0.25, -0.2) is 0 Å². The van der Waals surface area contributed by atoms with Crippen LogP contribution in [0.1, 0.15) is 80.1 Å². The number of fused-ring (bicyclic) bond motifs is 4. The predicted octanol–water partition coefficient (Wildman–Crippen LogP) is 4.29. The van der Waals surface area contributed by atoms with Gasteiger partial charge in [0.25, 0.3) is 0 Å². The molecule has 0 unspecified atom stereocenters. The van der Waals surface area contributed by atoms with Gasteiger partial charge in [0.05, 0.1) is 30.5 Å². The zero-order chi connectivity index (χ0) is 19.0. The molecule has 1 N–H and O–H groups in total. The van der Waals surface area contributed by atoms with E-state index in [2.05, 4.69) is 27.7 Å². The minimum absolute atomic E-state index is 0.0389. The van der Waals surface area contributed by atoms with E-state index in [1.54, 1.807) is 0 Å². The zero-order valence-corrected chi connectivity index (χ0v) is 17.6. The summed E-state index contributed by atoms with van der Waals surface area (Å²) in [5.74, 6) is 0.581. The highest BCUT2D eigenvalue weighted by molar-refractivity contribution is 5.17. The first kappa shape index (κ1) is 19.2. The van der Waals surface area contributed by atoms with Crippen molar-refractivity contribution < 1.29 is 19.3 Å². The maximum atomic E-state index is 9.94. The lowest BCUT2D eigenvalue weighted by Gasteiger charge is -2.67. The summed E-state index contributed by atoms with van der Waals surface area (Å²) in [6.45, 7) is 14.3. The number of aliphatic hydroxyl groups excluding tert-OH is 1. The molecule has 2 saturated heterocycles. The monoisotopic (exact) mass is 366 g/mol. The third kappa shape index (κ3) is 2.41. The smallest absolute Gasteiger partial charge is 0.163 e. The molecule has 2 aliphatic heterocycles. The van der Waals surface area contributed by atoms with E-state index >= 15 is 0 Å². The topological polar surface area (TPSA) is 47.9 Å². The van der Waals surface area contributed by atoms with E-state index in [0.717, 1.165) is 32.3 Å². The third-order valence-corrected chi connectivity index (χ3v) is 8.82. The fourth-order valence-corrected chi connectivity index (χ4v) is 7.20. The molecule has 0 radical (unpaired) electrons. The van der Waals surface area contributed by atoms with E-state index in [4.69, 9.17) is 14.2 Å². The van der Waals surface area contributed by atoms with Gasteiger partial charge in [-0.3, -0.25) is 0 Å². The summed E-state index contributed by atoms with van der Waals surface area (Å²) in [6.07, 6.45) is 6.90. The number of rotatable bonds is 1. The van der Waals surface area contributed by atoms with Crippen LogP contribution in [0.25, 0.3) is 0 Å². The highest BCUT2D eigenvalue weighted by Crippen LogP contribution is 2.68. The lowest BCUT2D eigenvalue weighted by molar-refractivity contribution is -0.358. The number of aliphatic hydroxyl groups is 1. The Labute approximate surface area is 159 Å². The van der Waals surface area contributed by atoms with Gasteiger partial charge in [-0.2, -0.15) is 0 Å². The van der Waals surface area contributed by atoms with E-state index in [1.165, 1.54) is 12.8 Å². The lowest BCUT2D eigenvalue weighted by atomic mass is 9.43. The Kier molecular flexibility index (Phi) is 4.19. The Bertz CT molecular complexity index is 576. The molecule has 7 atom stereocenters. The van der Waals surface area contributed by atoms with Crippen molar-refractivity contribution in [2.24, 2.45) is 22.7 Å². The van der Waals surface area contributed by atoms with Crippen molar-refractivity contribution in [1.82, 2.24) is 0 Å². The van der Waals surface area contributed by atoms with Crippen molar-refractivity contribution in [2.45, 2.75) is 103 Å². The van der Waals surface area contributed by atoms with E-state index in [0.29, 0.717) is 11.8 Å². The van der Waals surface area contributed by atoms with Crippen LogP contribution in [0.2, 0.25) is 0 Å². The van der Waals surface area contributed by atoms with Gasteiger partial charge < -0.3 is 19.3 Å². The Balaban J connectivity index is 1.71. The highest BCUT2D eigenvalue weighted by atomic mass is 16.7. The molecular formula is C22H38O4. The fourth-order valence-electron chi connectivity index (χ4n) is 7.20. The van der Waals surface area contributed by atoms with Gasteiger partial charge in [0.1, 0.15) is 0 Å². The second-order valence-electron chi connectivity index (χ2n) is 10.9. The van der Waals surface area contributed by atoms with Gasteiger partial charge in [-0.05, 0) is 71.1 Å². The molecule has 4 aliphatic rings. The SMILES string of the molecule is C[C@H]1CC[C@H]2[C@@]3(C)COC(C)(C)O[C@@H]3CC[C@]2(C)[C@@]12CC[C@@](C)(CO)O2. The van der Waals surface area contributed by atoms with Crippen LogP contribution in [0.4, 0.5) is 0 Å². The van der Waals surface area contributed by atoms with Crippen LogP contribution in [-0.2, 0) is 14.2 Å². The first-order valence-corrected chi connectivity index (χ1v) is 10.6. The molecule has 4 heteroatoms. The van der Waals surface area contributed by atoms with Crippen molar-refractivity contribution in [1.29, 1.82) is 0 Å². The highest BCUT2D eigenvalue weighted by Gasteiger charge is 2.69. The summed E-state index contributed by atoms with van der Waals surface area (Å²) in [5, 5.41) is 9.94. The van der Waals surface area contributed by atoms with Crippen LogP contribution in [-0.4, -0.2) is 41.4 Å². The molecular weight excluding hydrogens is 328 g/mol. The molecule has 2 saturated carbocycles. The predicted molar refractivity (Wildman–Crippen MR) is 101 cm³/mol. The van der Waals surface area contributed by atoms with E-state index < -0.39 is 11.4 Å². The quantitative estimate of drug-likeness (QED) is 0.752. The molecule has 26 heavy (non-hydrogen) atoms. The van der Waals surface area contributed by atoms with Crippen molar-refractivity contribution in [3.63, 3.8) is 0 Å². The minimum atomic E-state index is -0.475. The van der Waals surface area contributed by atoms with Gasteiger partial charge >= 0.3 is 0 Å². The molecule has 150 valence electrons. The van der Waals surface area contributed by atoms with Gasteiger partial charge in [-0.15, -0.1) is 0 Å². The van der Waals surface area contributed by atoms with Gasteiger partial charge in [-0.1, -0.05) is 20.8 Å². The molecule has 1 spiro atoms. The Morgan fingerprint density at radius 2 is 1.69 bits per heavy atom. The molecule has 0 aromatic heterocycles. The van der Waals surface area contributed by atoms with E-state index in [1.807, 2.05) is 13.8 Å². The zero-order valence-electron chi connectivity index (χ0n) is 17.6. The number of hydrogen-bond donors (Lipinski definition) is 1. The van der Waals surface area contributed by atoms with Gasteiger partial charge in [0, 0.05) is 10.8 Å². The average Bonchev–Trinajstić information content (AvgIpc) is 2.94. The summed E-state index contributed by atoms with van der Waals surface area (Å²) < 4.78 is 19.4. The maximum absolute atomic E-state index is 9.94. The van der Waals surface area contributed by atoms with Crippen molar-refractivity contribution >= 4 is 0 Å². The molecule has 0 bridgehead atoms. The van der Waals surface area contributed by atoms with Crippen LogP contribution in [0.5, 0.6) is 0 Å². The van der Waals surface area contributed by atoms with Crippen molar-refractivity contribution in [3.05, 3.63) is 0 Å². The molecule has 2 heterocycles. The largest absolute Gasteiger partial charge is 0.393 e. The van der Waals surface area contributed by atoms with Crippen LogP contribution in [0.3, 0.4) is 0 Å². The molecule has 0 amide bonds. The molecule has 2 aliphatic carbocycles. The first-order chi connectivity index (χ1) is 12.0. The Morgan fingerprint density at radius 1 is 0.962 bits per heavy atom. The second kappa shape index (κ2) is 5.68. The van der Waals surface area contributed by atoms with Crippen molar-refractivity contribution in [2.75, 3.05) is 13.2 Å². The summed E-state index contributed by atoms with van der Waals surface area (Å²) in [6, 6.07) is 0. The standard InChI is InChI=1S/C22H38O4/c1-15-7-8-16-20(5)14-24-18(2,3)25-17(20)9-10-21(16,6)22(15)12-11-19(4,13-23)26-22/h15-17,23H,7-14H2,1-6H3/t15-,16-,17+,19-,20+,21-,22+/m0/s1. The number of ether oxygens (including phenoxy) is 3. The van der Waals surface area contributed by atoms with Crippen LogP contribution in [0.15, 0.2) is 0 Å². The molecule has 4 rings (SSSR count). The average molecular weight is 367 g/mol. The van der Waals surface area contributed by atoms with Crippen molar-refractivity contribution in [3.8, 4) is 0 Å². The number of hydrogen-bond acceptors (Lipinski definition) is 4. The summed E-state index contributed by atoms with van der Waals surface area (Å²) >= 11 is 0. The summed E-state index contributed by atoms with van der Waals surface area (Å²) in [7, 11) is 0. The first-order valence-electron chi connectivity index (χ1n) is 10.6. The van der Waals surface area contributed by atoms with Gasteiger partial charge in [0.15, 0.2) is 5.79 Å². The van der Waals surface area contributed by atoms with Crippen LogP contribution in [0, 0.1) is 22.7 Å². The van der Waals surface area contributed by atoms with E-state index in [-0.39, 0.29) is 29.1 Å². The van der Waals surface area contributed by atoms with Crippen LogP contribution >= 0.6 is 0 Å². The normalized spacial score (nSPS) is 56.2. The minimum Gasteiger partial charge on any atom is -0.393 e. The molecule has 0 aromatic rings. The lowest BCUT2D eigenvalue weighted by Crippen LogP contribution is -2.68. The second-order valence-corrected chi connectivity index (χ2v) is 10.9. The Morgan fingerprint density at radius 3 is 2.35 bits per heavy atom. The summed E-state index contributed by atoms with van der Waals surface area (Å²) in [4.78, 5) is 0. The summed E-state index contributed by atoms with van der Waals surface area (Å²) in [5.41, 5.74) is -0.374. The van der Waals surface area contributed by atoms with Gasteiger partial charge in [0.2, 0.25) is 0 Å². The fraction of sp³-hybridized carbons (Fsp3) is 1.00. The molecule has 4 fully saturated rings. The Hall–Kier alpha value is -0.160. The molecule has 4 nitrogen and oxygen atoms in total. The molecule has 0 aromatic carbocycles. The van der Waals surface area contributed by atoms with Crippen LogP contribution < -0.4 is 0 Å². The maximum Gasteiger partial charge on any atom is 0.163 e. The van der Waals surface area contributed by atoms with E-state index in [9.17, 15) is 5.11 Å².